The molecule has 2 rings (SSSR count). The van der Waals surface area contributed by atoms with Crippen LogP contribution in [0.4, 0.5) is 5.69 Å². The topological polar surface area (TPSA) is 74.1 Å². The smallest absolute Gasteiger partial charge is 0.283 e. The molecule has 0 aliphatic rings. The number of benzene rings is 2. The van der Waals surface area contributed by atoms with Crippen molar-refractivity contribution in [1.82, 2.24) is 4.90 Å². The standard InChI is InChI=1S/C17H19ClN4O2S/c1-13(14-4-6-15(18)7-5-14)20-21-16-8-10-17(11-9-16)25(23,24)19-12-22(2)3/h4-12,21H,1-3H3/b19-12-,20-13+. The maximum absolute atomic E-state index is 12.0. The van der Waals surface area contributed by atoms with Crippen LogP contribution < -0.4 is 5.43 Å². The first-order valence-electron chi connectivity index (χ1n) is 7.41. The first kappa shape index (κ1) is 19.0. The fourth-order valence-electron chi connectivity index (χ4n) is 1.82. The van der Waals surface area contributed by atoms with E-state index in [0.29, 0.717) is 10.7 Å². The molecule has 0 bridgehead atoms. The Balaban J connectivity index is 2.10. The quantitative estimate of drug-likeness (QED) is 0.474. The molecule has 0 atom stereocenters. The number of rotatable bonds is 6. The van der Waals surface area contributed by atoms with E-state index in [1.807, 2.05) is 19.1 Å². The summed E-state index contributed by atoms with van der Waals surface area (Å²) in [4.78, 5) is 1.68. The molecule has 0 amide bonds. The van der Waals surface area contributed by atoms with Crippen LogP contribution in [-0.2, 0) is 10.0 Å². The van der Waals surface area contributed by atoms with Crippen LogP contribution >= 0.6 is 11.6 Å². The summed E-state index contributed by atoms with van der Waals surface area (Å²) in [5.41, 5.74) is 5.29. The predicted molar refractivity (Wildman–Crippen MR) is 103 cm³/mol. The molecule has 6 nitrogen and oxygen atoms in total. The van der Waals surface area contributed by atoms with Crippen molar-refractivity contribution in [2.75, 3.05) is 19.5 Å². The van der Waals surface area contributed by atoms with E-state index < -0.39 is 10.0 Å². The van der Waals surface area contributed by atoms with Crippen LogP contribution in [0, 0.1) is 0 Å². The van der Waals surface area contributed by atoms with Gasteiger partial charge >= 0.3 is 0 Å². The van der Waals surface area contributed by atoms with Crippen molar-refractivity contribution in [2.24, 2.45) is 9.50 Å². The van der Waals surface area contributed by atoms with Crippen LogP contribution in [0.15, 0.2) is 62.9 Å². The molecule has 0 aliphatic carbocycles. The Morgan fingerprint density at radius 2 is 1.68 bits per heavy atom. The van der Waals surface area contributed by atoms with E-state index in [2.05, 4.69) is 14.9 Å². The van der Waals surface area contributed by atoms with Crippen molar-refractivity contribution in [3.8, 4) is 0 Å². The van der Waals surface area contributed by atoms with Crippen LogP contribution in [0.5, 0.6) is 0 Å². The normalized spacial score (nSPS) is 12.4. The van der Waals surface area contributed by atoms with Gasteiger partial charge in [-0.05, 0) is 48.9 Å². The van der Waals surface area contributed by atoms with Gasteiger partial charge in [-0.3, -0.25) is 5.43 Å². The molecule has 0 spiro atoms. The lowest BCUT2D eigenvalue weighted by molar-refractivity contribution is 0.595. The van der Waals surface area contributed by atoms with Gasteiger partial charge in [0.2, 0.25) is 0 Å². The lowest BCUT2D eigenvalue weighted by Crippen LogP contribution is -2.10. The molecule has 8 heteroatoms. The summed E-state index contributed by atoms with van der Waals surface area (Å²) in [6.07, 6.45) is 1.25. The Hall–Kier alpha value is -2.38. The van der Waals surface area contributed by atoms with E-state index in [-0.39, 0.29) is 4.90 Å². The minimum atomic E-state index is -3.70. The zero-order valence-electron chi connectivity index (χ0n) is 14.1. The molecule has 0 saturated heterocycles. The molecule has 2 aromatic carbocycles. The van der Waals surface area contributed by atoms with Gasteiger partial charge in [0.25, 0.3) is 10.0 Å². The average molecular weight is 379 g/mol. The van der Waals surface area contributed by atoms with Gasteiger partial charge in [-0.15, -0.1) is 4.40 Å². The molecule has 132 valence electrons. The summed E-state index contributed by atoms with van der Waals surface area (Å²) >= 11 is 5.86. The Labute approximate surface area is 152 Å². The molecule has 0 aliphatic heterocycles. The minimum Gasteiger partial charge on any atom is -0.368 e. The van der Waals surface area contributed by atoms with E-state index in [4.69, 9.17) is 11.6 Å². The first-order valence-corrected chi connectivity index (χ1v) is 9.23. The number of halogens is 1. The predicted octanol–water partition coefficient (Wildman–Crippen LogP) is 3.45. The highest BCUT2D eigenvalue weighted by Crippen LogP contribution is 2.16. The van der Waals surface area contributed by atoms with E-state index in [9.17, 15) is 8.42 Å². The maximum atomic E-state index is 12.0. The van der Waals surface area contributed by atoms with E-state index >= 15 is 0 Å². The van der Waals surface area contributed by atoms with Crippen molar-refractivity contribution in [1.29, 1.82) is 0 Å². The molecule has 0 heterocycles. The van der Waals surface area contributed by atoms with Gasteiger partial charge in [0.1, 0.15) is 6.34 Å². The van der Waals surface area contributed by atoms with Gasteiger partial charge in [-0.2, -0.15) is 13.5 Å². The van der Waals surface area contributed by atoms with Crippen molar-refractivity contribution < 1.29 is 8.42 Å². The highest BCUT2D eigenvalue weighted by Gasteiger charge is 2.11. The molecular formula is C17H19ClN4O2S. The number of nitrogens with zero attached hydrogens (tertiary/aromatic N) is 3. The third kappa shape index (κ3) is 5.58. The molecule has 25 heavy (non-hydrogen) atoms. The van der Waals surface area contributed by atoms with Gasteiger partial charge in [0.05, 0.1) is 16.3 Å². The summed E-state index contributed by atoms with van der Waals surface area (Å²) in [7, 11) is -0.296. The molecule has 1 N–H and O–H groups in total. The summed E-state index contributed by atoms with van der Waals surface area (Å²) in [5.74, 6) is 0. The van der Waals surface area contributed by atoms with Gasteiger partial charge in [-0.25, -0.2) is 0 Å². The van der Waals surface area contributed by atoms with Crippen LogP contribution in [-0.4, -0.2) is 39.5 Å². The highest BCUT2D eigenvalue weighted by atomic mass is 35.5. The molecule has 0 fully saturated rings. The van der Waals surface area contributed by atoms with Gasteiger partial charge in [-0.1, -0.05) is 23.7 Å². The largest absolute Gasteiger partial charge is 0.368 e. The summed E-state index contributed by atoms with van der Waals surface area (Å²) in [6.45, 7) is 1.87. The molecule has 0 saturated carbocycles. The third-order valence-electron chi connectivity index (χ3n) is 3.18. The number of hydrazone groups is 1. The van der Waals surface area contributed by atoms with Gasteiger partial charge in [0, 0.05) is 19.1 Å². The Morgan fingerprint density at radius 1 is 1.08 bits per heavy atom. The van der Waals surface area contributed by atoms with E-state index in [0.717, 1.165) is 11.3 Å². The Bertz CT molecular complexity index is 874. The van der Waals surface area contributed by atoms with Gasteiger partial charge < -0.3 is 4.90 Å². The number of anilines is 1. The first-order chi connectivity index (χ1) is 11.8. The molecular weight excluding hydrogens is 360 g/mol. The van der Waals surface area contributed by atoms with E-state index in [1.165, 1.54) is 18.5 Å². The van der Waals surface area contributed by atoms with E-state index in [1.54, 1.807) is 43.3 Å². The fourth-order valence-corrected chi connectivity index (χ4v) is 2.86. The average Bonchev–Trinajstić information content (AvgIpc) is 2.59. The van der Waals surface area contributed by atoms with Crippen LogP contribution in [0.1, 0.15) is 12.5 Å². The van der Waals surface area contributed by atoms with Crippen LogP contribution in [0.25, 0.3) is 0 Å². The Morgan fingerprint density at radius 3 is 2.24 bits per heavy atom. The molecule has 0 aromatic heterocycles. The second-order valence-electron chi connectivity index (χ2n) is 5.50. The summed E-state index contributed by atoms with van der Waals surface area (Å²) in [6, 6.07) is 13.6. The maximum Gasteiger partial charge on any atom is 0.283 e. The SMILES string of the molecule is C/C(=N\Nc1ccc(S(=O)(=O)/N=C\N(C)C)cc1)c1ccc(Cl)cc1. The lowest BCUT2D eigenvalue weighted by Gasteiger charge is -2.06. The third-order valence-corrected chi connectivity index (χ3v) is 4.68. The minimum absolute atomic E-state index is 0.120. The van der Waals surface area contributed by atoms with Crippen molar-refractivity contribution >= 4 is 39.4 Å². The van der Waals surface area contributed by atoms with Crippen molar-refractivity contribution in [3.05, 3.63) is 59.1 Å². The monoisotopic (exact) mass is 378 g/mol. The molecule has 0 unspecified atom stereocenters. The zero-order valence-corrected chi connectivity index (χ0v) is 15.7. The number of hydrogen-bond acceptors (Lipinski definition) is 4. The van der Waals surface area contributed by atoms with Crippen molar-refractivity contribution in [3.63, 3.8) is 0 Å². The number of sulfonamides is 1. The second kappa shape index (κ2) is 8.13. The highest BCUT2D eigenvalue weighted by molar-refractivity contribution is 7.90. The fraction of sp³-hybridized carbons (Fsp3) is 0.176. The summed E-state index contributed by atoms with van der Waals surface area (Å²) < 4.78 is 27.7. The van der Waals surface area contributed by atoms with Crippen LogP contribution in [0.3, 0.4) is 0 Å². The summed E-state index contributed by atoms with van der Waals surface area (Å²) in [5, 5.41) is 4.95. The van der Waals surface area contributed by atoms with Crippen LogP contribution in [0.2, 0.25) is 5.02 Å². The number of nitrogens with one attached hydrogen (secondary N) is 1. The second-order valence-corrected chi connectivity index (χ2v) is 7.57. The molecule has 0 radical (unpaired) electrons. The van der Waals surface area contributed by atoms with Crippen molar-refractivity contribution in [2.45, 2.75) is 11.8 Å². The molecule has 2 aromatic rings. The van der Waals surface area contributed by atoms with Gasteiger partial charge in [0.15, 0.2) is 0 Å². The zero-order chi connectivity index (χ0) is 18.4. The lowest BCUT2D eigenvalue weighted by atomic mass is 10.1. The Kier molecular flexibility index (Phi) is 6.17. The number of hydrogen-bond donors (Lipinski definition) is 1.